The lowest BCUT2D eigenvalue weighted by Crippen LogP contribution is -2.22. The van der Waals surface area contributed by atoms with Crippen molar-refractivity contribution in [2.45, 2.75) is 26.3 Å². The number of rotatable bonds is 6. The first kappa shape index (κ1) is 16.4. The lowest BCUT2D eigenvalue weighted by molar-refractivity contribution is -0.121. The number of hydrogen-bond donors (Lipinski definition) is 1. The predicted molar refractivity (Wildman–Crippen MR) is 98.9 cm³/mol. The first-order chi connectivity index (χ1) is 11.7. The number of hydrogen-bond acceptors (Lipinski definition) is 3. The van der Waals surface area contributed by atoms with Gasteiger partial charge in [-0.1, -0.05) is 54.6 Å². The Labute approximate surface area is 146 Å². The molecule has 1 amide bonds. The molecule has 2 aromatic carbocycles. The first-order valence-electron chi connectivity index (χ1n) is 8.03. The zero-order valence-corrected chi connectivity index (χ0v) is 14.5. The Morgan fingerprint density at radius 1 is 1.08 bits per heavy atom. The van der Waals surface area contributed by atoms with E-state index in [-0.39, 0.29) is 5.91 Å². The van der Waals surface area contributed by atoms with Gasteiger partial charge >= 0.3 is 0 Å². The second-order valence-electron chi connectivity index (χ2n) is 5.72. The fourth-order valence-electron chi connectivity index (χ4n) is 2.48. The van der Waals surface area contributed by atoms with Crippen LogP contribution in [0.15, 0.2) is 60.0 Å². The lowest BCUT2D eigenvalue weighted by atomic mass is 10.1. The number of aryl methyl sites for hydroxylation is 2. The quantitative estimate of drug-likeness (QED) is 0.726. The summed E-state index contributed by atoms with van der Waals surface area (Å²) in [7, 11) is 0. The van der Waals surface area contributed by atoms with Crippen LogP contribution in [0.3, 0.4) is 0 Å². The highest BCUT2D eigenvalue weighted by Gasteiger charge is 2.08. The summed E-state index contributed by atoms with van der Waals surface area (Å²) < 4.78 is 0. The Hall–Kier alpha value is -2.46. The SMILES string of the molecule is Cc1ccccc1-c1nc(CCC(=O)NCc2ccccc2)cs1. The summed E-state index contributed by atoms with van der Waals surface area (Å²) >= 11 is 1.64. The van der Waals surface area contributed by atoms with Crippen LogP contribution < -0.4 is 5.32 Å². The number of benzene rings is 2. The van der Waals surface area contributed by atoms with E-state index >= 15 is 0 Å². The molecule has 0 spiro atoms. The maximum Gasteiger partial charge on any atom is 0.220 e. The Bertz CT molecular complexity index is 811. The Morgan fingerprint density at radius 3 is 2.62 bits per heavy atom. The van der Waals surface area contributed by atoms with E-state index in [1.165, 1.54) is 11.1 Å². The molecule has 0 aliphatic carbocycles. The van der Waals surface area contributed by atoms with Gasteiger partial charge < -0.3 is 5.32 Å². The van der Waals surface area contributed by atoms with Crippen LogP contribution in [0.5, 0.6) is 0 Å². The number of carbonyl (C=O) groups excluding carboxylic acids is 1. The van der Waals surface area contributed by atoms with Gasteiger partial charge in [0.25, 0.3) is 0 Å². The maximum absolute atomic E-state index is 12.0. The Balaban J connectivity index is 1.52. The van der Waals surface area contributed by atoms with Crippen LogP contribution in [-0.4, -0.2) is 10.9 Å². The highest BCUT2D eigenvalue weighted by atomic mass is 32.1. The molecule has 0 saturated heterocycles. The topological polar surface area (TPSA) is 42.0 Å². The zero-order valence-electron chi connectivity index (χ0n) is 13.7. The predicted octanol–water partition coefficient (Wildman–Crippen LogP) is 4.37. The third-order valence-electron chi connectivity index (χ3n) is 3.87. The van der Waals surface area contributed by atoms with Gasteiger partial charge in [-0.25, -0.2) is 4.98 Å². The van der Waals surface area contributed by atoms with Crippen LogP contribution in [0, 0.1) is 6.92 Å². The molecule has 1 N–H and O–H groups in total. The summed E-state index contributed by atoms with van der Waals surface area (Å²) in [6.07, 6.45) is 1.13. The zero-order chi connectivity index (χ0) is 16.8. The van der Waals surface area contributed by atoms with E-state index in [2.05, 4.69) is 29.4 Å². The van der Waals surface area contributed by atoms with Crippen molar-refractivity contribution in [3.63, 3.8) is 0 Å². The summed E-state index contributed by atoms with van der Waals surface area (Å²) in [5.41, 5.74) is 4.48. The average molecular weight is 336 g/mol. The van der Waals surface area contributed by atoms with Gasteiger partial charge in [0.2, 0.25) is 5.91 Å². The summed E-state index contributed by atoms with van der Waals surface area (Å²) in [6, 6.07) is 18.2. The van der Waals surface area contributed by atoms with Crippen molar-refractivity contribution in [2.24, 2.45) is 0 Å². The molecule has 0 bridgehead atoms. The van der Waals surface area contributed by atoms with Gasteiger partial charge in [0.1, 0.15) is 5.01 Å². The molecule has 3 aromatic rings. The molecule has 24 heavy (non-hydrogen) atoms. The van der Waals surface area contributed by atoms with Crippen LogP contribution >= 0.6 is 11.3 Å². The second-order valence-corrected chi connectivity index (χ2v) is 6.58. The molecular weight excluding hydrogens is 316 g/mol. The fraction of sp³-hybridized carbons (Fsp3) is 0.200. The number of nitrogens with one attached hydrogen (secondary N) is 1. The van der Waals surface area contributed by atoms with Crippen LogP contribution in [0.1, 0.15) is 23.2 Å². The van der Waals surface area contributed by atoms with E-state index in [4.69, 9.17) is 0 Å². The largest absolute Gasteiger partial charge is 0.352 e. The van der Waals surface area contributed by atoms with Gasteiger partial charge in [0.15, 0.2) is 0 Å². The highest BCUT2D eigenvalue weighted by Crippen LogP contribution is 2.26. The van der Waals surface area contributed by atoms with Gasteiger partial charge in [-0.05, 0) is 24.5 Å². The molecule has 4 heteroatoms. The molecule has 0 saturated carbocycles. The maximum atomic E-state index is 12.0. The average Bonchev–Trinajstić information content (AvgIpc) is 3.08. The second kappa shape index (κ2) is 7.88. The molecule has 1 heterocycles. The van der Waals surface area contributed by atoms with Crippen molar-refractivity contribution >= 4 is 17.2 Å². The number of aromatic nitrogens is 1. The molecule has 122 valence electrons. The van der Waals surface area contributed by atoms with E-state index in [9.17, 15) is 4.79 Å². The van der Waals surface area contributed by atoms with Gasteiger partial charge in [0, 0.05) is 23.9 Å². The fourth-order valence-corrected chi connectivity index (χ4v) is 3.43. The Kier molecular flexibility index (Phi) is 5.39. The summed E-state index contributed by atoms with van der Waals surface area (Å²) in [6.45, 7) is 2.67. The minimum Gasteiger partial charge on any atom is -0.352 e. The molecule has 3 rings (SSSR count). The molecule has 1 aromatic heterocycles. The van der Waals surface area contributed by atoms with Gasteiger partial charge in [-0.15, -0.1) is 11.3 Å². The minimum absolute atomic E-state index is 0.0595. The third kappa shape index (κ3) is 4.30. The molecule has 0 aliphatic heterocycles. The lowest BCUT2D eigenvalue weighted by Gasteiger charge is -2.04. The van der Waals surface area contributed by atoms with Crippen molar-refractivity contribution < 1.29 is 4.79 Å². The van der Waals surface area contributed by atoms with E-state index in [0.29, 0.717) is 19.4 Å². The molecule has 0 atom stereocenters. The van der Waals surface area contributed by atoms with Crippen molar-refractivity contribution in [2.75, 3.05) is 0 Å². The number of carbonyl (C=O) groups is 1. The van der Waals surface area contributed by atoms with Gasteiger partial charge in [-0.2, -0.15) is 0 Å². The van der Waals surface area contributed by atoms with Crippen LogP contribution in [0.4, 0.5) is 0 Å². The molecule has 0 aliphatic rings. The van der Waals surface area contributed by atoms with Gasteiger partial charge in [0.05, 0.1) is 5.69 Å². The molecular formula is C20H20N2OS. The summed E-state index contributed by atoms with van der Waals surface area (Å²) in [5.74, 6) is 0.0595. The monoisotopic (exact) mass is 336 g/mol. The normalized spacial score (nSPS) is 10.5. The number of nitrogens with zero attached hydrogens (tertiary/aromatic N) is 1. The third-order valence-corrected chi connectivity index (χ3v) is 4.79. The van der Waals surface area contributed by atoms with Gasteiger partial charge in [-0.3, -0.25) is 4.79 Å². The summed E-state index contributed by atoms with van der Waals surface area (Å²) in [5, 5.41) is 6.02. The van der Waals surface area contributed by atoms with Crippen LogP contribution in [0.25, 0.3) is 10.6 Å². The highest BCUT2D eigenvalue weighted by molar-refractivity contribution is 7.13. The summed E-state index contributed by atoms with van der Waals surface area (Å²) in [4.78, 5) is 16.7. The first-order valence-corrected chi connectivity index (χ1v) is 8.91. The van der Waals surface area contributed by atoms with E-state index in [1.54, 1.807) is 11.3 Å². The van der Waals surface area contributed by atoms with Crippen molar-refractivity contribution in [3.05, 3.63) is 76.8 Å². The van der Waals surface area contributed by atoms with Crippen LogP contribution in [-0.2, 0) is 17.8 Å². The number of amides is 1. The standard InChI is InChI=1S/C20H20N2OS/c1-15-7-5-6-10-18(15)20-22-17(14-24-20)11-12-19(23)21-13-16-8-3-2-4-9-16/h2-10,14H,11-13H2,1H3,(H,21,23). The number of thiazole rings is 1. The Morgan fingerprint density at radius 2 is 1.83 bits per heavy atom. The minimum atomic E-state index is 0.0595. The van der Waals surface area contributed by atoms with Crippen molar-refractivity contribution in [1.82, 2.24) is 10.3 Å². The molecule has 0 unspecified atom stereocenters. The molecule has 0 radical (unpaired) electrons. The molecule has 3 nitrogen and oxygen atoms in total. The van der Waals surface area contributed by atoms with Crippen molar-refractivity contribution in [3.8, 4) is 10.6 Å². The van der Waals surface area contributed by atoms with Crippen molar-refractivity contribution in [1.29, 1.82) is 0 Å². The van der Waals surface area contributed by atoms with E-state index in [1.807, 2.05) is 47.8 Å². The van der Waals surface area contributed by atoms with E-state index < -0.39 is 0 Å². The van der Waals surface area contributed by atoms with E-state index in [0.717, 1.165) is 16.3 Å². The van der Waals surface area contributed by atoms with Crippen LogP contribution in [0.2, 0.25) is 0 Å². The smallest absolute Gasteiger partial charge is 0.220 e. The molecule has 0 fully saturated rings.